The minimum atomic E-state index is 0.288. The number of fused-ring (bicyclic) bond motifs is 1. The van der Waals surface area contributed by atoms with Crippen molar-refractivity contribution in [3.8, 4) is 0 Å². The zero-order valence-electron chi connectivity index (χ0n) is 9.90. The maximum atomic E-state index is 6.05. The summed E-state index contributed by atoms with van der Waals surface area (Å²) in [6, 6.07) is 4.55. The molecule has 1 unspecified atom stereocenters. The van der Waals surface area contributed by atoms with Gasteiger partial charge in [-0.1, -0.05) is 32.4 Å². The molecule has 1 aliphatic rings. The number of hydrogen-bond acceptors (Lipinski definition) is 1. The average Bonchev–Trinajstić information content (AvgIpc) is 2.15. The highest BCUT2D eigenvalue weighted by molar-refractivity contribution is 9.10. The third-order valence-electron chi connectivity index (χ3n) is 3.20. The zero-order valence-corrected chi connectivity index (χ0v) is 12.2. The highest BCUT2D eigenvalue weighted by atomic mass is 79.9. The van der Waals surface area contributed by atoms with Crippen molar-refractivity contribution in [3.63, 3.8) is 0 Å². The predicted octanol–water partition coefficient (Wildman–Crippen LogP) is 4.88. The molecule has 1 aromatic rings. The molecule has 0 saturated heterocycles. The second kappa shape index (κ2) is 4.23. The number of hydrogen-bond donors (Lipinski definition) is 1. The molecule has 0 aliphatic carbocycles. The van der Waals surface area contributed by atoms with Crippen LogP contribution >= 0.6 is 27.5 Å². The lowest BCUT2D eigenvalue weighted by Crippen LogP contribution is -2.37. The molecule has 1 atom stereocenters. The Morgan fingerprint density at radius 3 is 2.69 bits per heavy atom. The summed E-state index contributed by atoms with van der Waals surface area (Å²) in [5, 5.41) is 4.43. The number of anilines is 1. The summed E-state index contributed by atoms with van der Waals surface area (Å²) in [7, 11) is 0. The van der Waals surface area contributed by atoms with E-state index < -0.39 is 0 Å². The van der Waals surface area contributed by atoms with E-state index in [9.17, 15) is 0 Å². The molecule has 0 spiro atoms. The summed E-state index contributed by atoms with van der Waals surface area (Å²) >= 11 is 9.63. The number of benzene rings is 1. The third-order valence-corrected chi connectivity index (χ3v) is 4.05. The van der Waals surface area contributed by atoms with E-state index in [-0.39, 0.29) is 5.41 Å². The normalized spacial score (nSPS) is 20.2. The van der Waals surface area contributed by atoms with Crippen LogP contribution in [0.15, 0.2) is 16.6 Å². The molecule has 1 aliphatic heterocycles. The molecule has 1 aromatic carbocycles. The maximum absolute atomic E-state index is 6.05. The molecular formula is C13H17BrClN. The second-order valence-electron chi connectivity index (χ2n) is 5.52. The molecule has 0 fully saturated rings. The van der Waals surface area contributed by atoms with Crippen LogP contribution in [0.5, 0.6) is 0 Å². The minimum Gasteiger partial charge on any atom is -0.381 e. The topological polar surface area (TPSA) is 12.0 Å². The van der Waals surface area contributed by atoms with Crippen LogP contribution in [0, 0.1) is 5.41 Å². The number of aryl methyl sites for hydroxylation is 1. The summed E-state index contributed by atoms with van der Waals surface area (Å²) < 4.78 is 1.07. The number of halogens is 2. The molecule has 1 nitrogen and oxygen atoms in total. The van der Waals surface area contributed by atoms with Crippen molar-refractivity contribution in [2.24, 2.45) is 5.41 Å². The first kappa shape index (κ1) is 12.3. The molecule has 88 valence electrons. The smallest absolute Gasteiger partial charge is 0.0520 e. The zero-order chi connectivity index (χ0) is 11.9. The summed E-state index contributed by atoms with van der Waals surface area (Å²) in [6.07, 6.45) is 2.27. The summed E-state index contributed by atoms with van der Waals surface area (Å²) in [6.45, 7) is 6.83. The SMILES string of the molecule is CC(C)(C)C1CCc2cc(Cl)cc(Br)c2N1. The fourth-order valence-corrected chi connectivity index (χ4v) is 3.17. The van der Waals surface area contributed by atoms with Crippen LogP contribution in [0.3, 0.4) is 0 Å². The lowest BCUT2D eigenvalue weighted by molar-refractivity contribution is 0.321. The fraction of sp³-hybridized carbons (Fsp3) is 0.538. The van der Waals surface area contributed by atoms with E-state index in [0.29, 0.717) is 6.04 Å². The Balaban J connectivity index is 2.34. The lowest BCUT2D eigenvalue weighted by Gasteiger charge is -2.37. The summed E-state index contributed by atoms with van der Waals surface area (Å²) in [5.41, 5.74) is 2.83. The van der Waals surface area contributed by atoms with Crippen LogP contribution in [0.2, 0.25) is 5.02 Å². The van der Waals surface area contributed by atoms with Crippen molar-refractivity contribution in [3.05, 3.63) is 27.2 Å². The molecule has 2 rings (SSSR count). The quantitative estimate of drug-likeness (QED) is 0.720. The fourth-order valence-electron chi connectivity index (χ4n) is 2.18. The first-order valence-electron chi connectivity index (χ1n) is 5.62. The van der Waals surface area contributed by atoms with Gasteiger partial charge in [0.15, 0.2) is 0 Å². The molecule has 3 heteroatoms. The van der Waals surface area contributed by atoms with Gasteiger partial charge in [-0.2, -0.15) is 0 Å². The molecular weight excluding hydrogens is 286 g/mol. The Hall–Kier alpha value is -0.210. The Kier molecular flexibility index (Phi) is 3.24. The van der Waals surface area contributed by atoms with E-state index in [1.165, 1.54) is 17.7 Å². The number of nitrogens with one attached hydrogen (secondary N) is 1. The first-order valence-corrected chi connectivity index (χ1v) is 6.79. The van der Waals surface area contributed by atoms with Gasteiger partial charge in [0.25, 0.3) is 0 Å². The van der Waals surface area contributed by atoms with Gasteiger partial charge >= 0.3 is 0 Å². The van der Waals surface area contributed by atoms with Gasteiger partial charge in [0.1, 0.15) is 0 Å². The van der Waals surface area contributed by atoms with Crippen LogP contribution in [0.1, 0.15) is 32.8 Å². The monoisotopic (exact) mass is 301 g/mol. The van der Waals surface area contributed by atoms with Crippen LogP contribution < -0.4 is 5.32 Å². The minimum absolute atomic E-state index is 0.288. The van der Waals surface area contributed by atoms with E-state index in [1.807, 2.05) is 6.07 Å². The van der Waals surface area contributed by atoms with Crippen LogP contribution in [0.4, 0.5) is 5.69 Å². The largest absolute Gasteiger partial charge is 0.381 e. The molecule has 1 heterocycles. The Labute approximate surface area is 111 Å². The van der Waals surface area contributed by atoms with E-state index >= 15 is 0 Å². The maximum Gasteiger partial charge on any atom is 0.0520 e. The molecule has 0 radical (unpaired) electrons. The van der Waals surface area contributed by atoms with Gasteiger partial charge in [0.2, 0.25) is 0 Å². The molecule has 16 heavy (non-hydrogen) atoms. The number of rotatable bonds is 0. The van der Waals surface area contributed by atoms with Crippen LogP contribution in [0.25, 0.3) is 0 Å². The average molecular weight is 303 g/mol. The van der Waals surface area contributed by atoms with Gasteiger partial charge in [-0.15, -0.1) is 0 Å². The van der Waals surface area contributed by atoms with Gasteiger partial charge in [-0.25, -0.2) is 0 Å². The van der Waals surface area contributed by atoms with Gasteiger partial charge in [0, 0.05) is 15.5 Å². The van der Waals surface area contributed by atoms with Crippen LogP contribution in [-0.2, 0) is 6.42 Å². The Morgan fingerprint density at radius 2 is 2.06 bits per heavy atom. The Bertz CT molecular complexity index is 409. The molecule has 0 aromatic heterocycles. The lowest BCUT2D eigenvalue weighted by atomic mass is 9.81. The van der Waals surface area contributed by atoms with E-state index in [2.05, 4.69) is 48.1 Å². The van der Waals surface area contributed by atoms with E-state index in [0.717, 1.165) is 15.9 Å². The van der Waals surface area contributed by atoms with Crippen molar-refractivity contribution in [1.29, 1.82) is 0 Å². The van der Waals surface area contributed by atoms with Gasteiger partial charge in [-0.05, 0) is 51.9 Å². The Morgan fingerprint density at radius 1 is 1.38 bits per heavy atom. The standard InChI is InChI=1S/C13H17BrClN/c1-13(2,3)11-5-4-8-6-9(15)7-10(14)12(8)16-11/h6-7,11,16H,4-5H2,1-3H3. The van der Waals surface area contributed by atoms with Crippen molar-refractivity contribution in [2.75, 3.05) is 5.32 Å². The molecule has 0 amide bonds. The van der Waals surface area contributed by atoms with Crippen molar-refractivity contribution in [1.82, 2.24) is 0 Å². The van der Waals surface area contributed by atoms with Gasteiger partial charge in [-0.3, -0.25) is 0 Å². The predicted molar refractivity (Wildman–Crippen MR) is 74.3 cm³/mol. The molecule has 1 N–H and O–H groups in total. The van der Waals surface area contributed by atoms with Crippen molar-refractivity contribution < 1.29 is 0 Å². The summed E-state index contributed by atoms with van der Waals surface area (Å²) in [5.74, 6) is 0. The highest BCUT2D eigenvalue weighted by Gasteiger charge is 2.29. The van der Waals surface area contributed by atoms with E-state index in [1.54, 1.807) is 0 Å². The van der Waals surface area contributed by atoms with Gasteiger partial charge < -0.3 is 5.32 Å². The van der Waals surface area contributed by atoms with Crippen molar-refractivity contribution >= 4 is 33.2 Å². The van der Waals surface area contributed by atoms with Crippen LogP contribution in [-0.4, -0.2) is 6.04 Å². The van der Waals surface area contributed by atoms with E-state index in [4.69, 9.17) is 11.6 Å². The molecule has 0 bridgehead atoms. The summed E-state index contributed by atoms with van der Waals surface area (Å²) in [4.78, 5) is 0. The van der Waals surface area contributed by atoms with Gasteiger partial charge in [0.05, 0.1) is 5.69 Å². The first-order chi connectivity index (χ1) is 7.38. The second-order valence-corrected chi connectivity index (χ2v) is 6.81. The van der Waals surface area contributed by atoms with Crippen molar-refractivity contribution in [2.45, 2.75) is 39.7 Å². The third kappa shape index (κ3) is 2.38. The highest BCUT2D eigenvalue weighted by Crippen LogP contribution is 2.38. The molecule has 0 saturated carbocycles.